The van der Waals surface area contributed by atoms with Crippen LogP contribution in [0.1, 0.15) is 28.1 Å². The molecule has 1 heterocycles. The van der Waals surface area contributed by atoms with Crippen molar-refractivity contribution >= 4 is 11.6 Å². The third-order valence-electron chi connectivity index (χ3n) is 3.33. The predicted octanol–water partition coefficient (Wildman–Crippen LogP) is 2.89. The highest BCUT2D eigenvalue weighted by molar-refractivity contribution is 6.07. The largest absolute Gasteiger partial charge is 0.469 e. The minimum absolute atomic E-state index is 0.0426. The molecule has 0 radical (unpaired) electrons. The highest BCUT2D eigenvalue weighted by Crippen LogP contribution is 2.23. The summed E-state index contributed by atoms with van der Waals surface area (Å²) >= 11 is 0. The third kappa shape index (κ3) is 2.91. The van der Waals surface area contributed by atoms with E-state index in [4.69, 9.17) is 10.2 Å². The van der Waals surface area contributed by atoms with E-state index >= 15 is 0 Å². The van der Waals surface area contributed by atoms with Crippen molar-refractivity contribution in [3.8, 4) is 0 Å². The van der Waals surface area contributed by atoms with Gasteiger partial charge in [0.05, 0.1) is 11.8 Å². The summed E-state index contributed by atoms with van der Waals surface area (Å²) in [5, 5.41) is 0. The first kappa shape index (κ1) is 14.3. The quantitative estimate of drug-likeness (QED) is 0.910. The molecule has 0 fully saturated rings. The van der Waals surface area contributed by atoms with E-state index in [9.17, 15) is 4.79 Å². The van der Waals surface area contributed by atoms with Crippen LogP contribution in [0.4, 0.5) is 5.69 Å². The van der Waals surface area contributed by atoms with Gasteiger partial charge in [-0.3, -0.25) is 4.79 Å². The number of carbonyl (C=O) groups is 1. The number of hydrogen-bond acceptors (Lipinski definition) is 3. The first-order chi connectivity index (χ1) is 9.65. The molecule has 106 valence electrons. The maximum atomic E-state index is 12.7. The number of anilines is 1. The molecule has 1 aromatic carbocycles. The van der Waals surface area contributed by atoms with Crippen LogP contribution in [0.15, 0.2) is 41.0 Å². The molecule has 2 rings (SSSR count). The second-order valence-electron chi connectivity index (χ2n) is 4.78. The van der Waals surface area contributed by atoms with Crippen molar-refractivity contribution in [3.05, 3.63) is 53.5 Å². The third-order valence-corrected chi connectivity index (χ3v) is 3.33. The fraction of sp³-hybridized carbons (Fsp3) is 0.312. The summed E-state index contributed by atoms with van der Waals surface area (Å²) < 4.78 is 5.23. The summed E-state index contributed by atoms with van der Waals surface area (Å²) in [5.41, 5.74) is 8.18. The van der Waals surface area contributed by atoms with Crippen molar-refractivity contribution in [2.75, 3.05) is 18.0 Å². The summed E-state index contributed by atoms with van der Waals surface area (Å²) in [6.45, 7) is 4.96. The fourth-order valence-corrected chi connectivity index (χ4v) is 2.20. The topological polar surface area (TPSA) is 59.5 Å². The van der Waals surface area contributed by atoms with Crippen molar-refractivity contribution < 1.29 is 9.21 Å². The molecule has 0 spiro atoms. The maximum Gasteiger partial charge on any atom is 0.261 e. The van der Waals surface area contributed by atoms with E-state index in [0.717, 1.165) is 17.7 Å². The van der Waals surface area contributed by atoms with Crippen LogP contribution in [0.25, 0.3) is 0 Å². The second-order valence-corrected chi connectivity index (χ2v) is 4.78. The molecule has 1 amide bonds. The molecular weight excluding hydrogens is 252 g/mol. The summed E-state index contributed by atoms with van der Waals surface area (Å²) in [6.07, 6.45) is 2.30. The number of rotatable bonds is 5. The Morgan fingerprint density at radius 3 is 2.60 bits per heavy atom. The Balaban J connectivity index is 2.35. The predicted molar refractivity (Wildman–Crippen MR) is 80.0 cm³/mol. The molecule has 1 aromatic heterocycles. The number of para-hydroxylation sites is 1. The van der Waals surface area contributed by atoms with E-state index in [0.29, 0.717) is 24.4 Å². The number of hydrogen-bond donors (Lipinski definition) is 1. The Morgan fingerprint density at radius 2 is 2.00 bits per heavy atom. The lowest BCUT2D eigenvalue weighted by atomic mass is 10.1. The van der Waals surface area contributed by atoms with Crippen LogP contribution in [-0.4, -0.2) is 19.0 Å². The van der Waals surface area contributed by atoms with Crippen LogP contribution in [0.2, 0.25) is 0 Å². The van der Waals surface area contributed by atoms with Gasteiger partial charge in [0.15, 0.2) is 0 Å². The lowest BCUT2D eigenvalue weighted by Crippen LogP contribution is -2.33. The SMILES string of the molecule is Cc1ccccc1N(CCCN)C(=O)c1ccoc1C. The number of carbonyl (C=O) groups excluding carboxylic acids is 1. The van der Waals surface area contributed by atoms with Gasteiger partial charge in [0, 0.05) is 12.2 Å². The van der Waals surface area contributed by atoms with Gasteiger partial charge in [-0.1, -0.05) is 18.2 Å². The van der Waals surface area contributed by atoms with Gasteiger partial charge in [-0.05, 0) is 44.5 Å². The Labute approximate surface area is 119 Å². The molecule has 2 aromatic rings. The van der Waals surface area contributed by atoms with Crippen molar-refractivity contribution in [3.63, 3.8) is 0 Å². The van der Waals surface area contributed by atoms with E-state index in [-0.39, 0.29) is 5.91 Å². The second kappa shape index (κ2) is 6.39. The van der Waals surface area contributed by atoms with Crippen LogP contribution >= 0.6 is 0 Å². The normalized spacial score (nSPS) is 10.6. The average Bonchev–Trinajstić information content (AvgIpc) is 2.87. The molecule has 0 saturated carbocycles. The molecule has 0 atom stereocenters. The Kier molecular flexibility index (Phi) is 4.58. The molecule has 4 nitrogen and oxygen atoms in total. The molecule has 0 aliphatic carbocycles. The van der Waals surface area contributed by atoms with Crippen molar-refractivity contribution in [2.24, 2.45) is 5.73 Å². The molecule has 4 heteroatoms. The standard InChI is InChI=1S/C16H20N2O2/c1-12-6-3-4-7-15(12)18(10-5-9-17)16(19)14-8-11-20-13(14)2/h3-4,6-8,11H,5,9-10,17H2,1-2H3. The smallest absolute Gasteiger partial charge is 0.261 e. The highest BCUT2D eigenvalue weighted by atomic mass is 16.3. The van der Waals surface area contributed by atoms with Gasteiger partial charge in [0.1, 0.15) is 5.76 Å². The van der Waals surface area contributed by atoms with Gasteiger partial charge in [0.25, 0.3) is 5.91 Å². The summed E-state index contributed by atoms with van der Waals surface area (Å²) in [7, 11) is 0. The van der Waals surface area contributed by atoms with Crippen molar-refractivity contribution in [1.29, 1.82) is 0 Å². The van der Waals surface area contributed by atoms with E-state index in [1.165, 1.54) is 0 Å². The minimum Gasteiger partial charge on any atom is -0.469 e. The number of amides is 1. The lowest BCUT2D eigenvalue weighted by Gasteiger charge is -2.24. The van der Waals surface area contributed by atoms with E-state index in [1.807, 2.05) is 31.2 Å². The molecule has 0 unspecified atom stereocenters. The van der Waals surface area contributed by atoms with Gasteiger partial charge in [0.2, 0.25) is 0 Å². The molecular formula is C16H20N2O2. The average molecular weight is 272 g/mol. The zero-order valence-corrected chi connectivity index (χ0v) is 11.9. The van der Waals surface area contributed by atoms with Gasteiger partial charge >= 0.3 is 0 Å². The van der Waals surface area contributed by atoms with Crippen molar-refractivity contribution in [1.82, 2.24) is 0 Å². The van der Waals surface area contributed by atoms with Crippen LogP contribution in [-0.2, 0) is 0 Å². The molecule has 0 aliphatic heterocycles. The molecule has 0 aliphatic rings. The minimum atomic E-state index is -0.0426. The van der Waals surface area contributed by atoms with Crippen molar-refractivity contribution in [2.45, 2.75) is 20.3 Å². The van der Waals surface area contributed by atoms with Crippen LogP contribution < -0.4 is 10.6 Å². The lowest BCUT2D eigenvalue weighted by molar-refractivity contribution is 0.0985. The van der Waals surface area contributed by atoms with E-state index in [2.05, 4.69) is 0 Å². The van der Waals surface area contributed by atoms with Crippen LogP contribution in [0, 0.1) is 13.8 Å². The number of nitrogens with two attached hydrogens (primary N) is 1. The fourth-order valence-electron chi connectivity index (χ4n) is 2.20. The van der Waals surface area contributed by atoms with Gasteiger partial charge in [-0.2, -0.15) is 0 Å². The van der Waals surface area contributed by atoms with Crippen LogP contribution in [0.3, 0.4) is 0 Å². The van der Waals surface area contributed by atoms with Gasteiger partial charge < -0.3 is 15.1 Å². The van der Waals surface area contributed by atoms with E-state index < -0.39 is 0 Å². The zero-order chi connectivity index (χ0) is 14.5. The van der Waals surface area contributed by atoms with E-state index in [1.54, 1.807) is 24.2 Å². The Morgan fingerprint density at radius 1 is 1.25 bits per heavy atom. The Bertz CT molecular complexity index is 590. The highest BCUT2D eigenvalue weighted by Gasteiger charge is 2.21. The summed E-state index contributed by atoms with van der Waals surface area (Å²) in [5.74, 6) is 0.598. The number of furan rings is 1. The monoisotopic (exact) mass is 272 g/mol. The number of nitrogens with zero attached hydrogens (tertiary/aromatic N) is 1. The molecule has 2 N–H and O–H groups in total. The van der Waals surface area contributed by atoms with Gasteiger partial charge in [-0.25, -0.2) is 0 Å². The Hall–Kier alpha value is -2.07. The maximum absolute atomic E-state index is 12.7. The summed E-state index contributed by atoms with van der Waals surface area (Å²) in [4.78, 5) is 14.5. The number of benzene rings is 1. The number of aryl methyl sites for hydroxylation is 2. The first-order valence-electron chi connectivity index (χ1n) is 6.76. The van der Waals surface area contributed by atoms with Gasteiger partial charge in [-0.15, -0.1) is 0 Å². The zero-order valence-electron chi connectivity index (χ0n) is 11.9. The van der Waals surface area contributed by atoms with Crippen LogP contribution in [0.5, 0.6) is 0 Å². The first-order valence-corrected chi connectivity index (χ1v) is 6.76. The molecule has 0 saturated heterocycles. The summed E-state index contributed by atoms with van der Waals surface area (Å²) in [6, 6.07) is 9.58. The molecule has 0 bridgehead atoms. The molecule has 20 heavy (non-hydrogen) atoms.